The van der Waals surface area contributed by atoms with Crippen LogP contribution >= 0.6 is 0 Å². The number of nitrogens with zero attached hydrogens (tertiary/aromatic N) is 2. The summed E-state index contributed by atoms with van der Waals surface area (Å²) >= 11 is 0. The maximum atomic E-state index is 12.2. The molecule has 0 aliphatic heterocycles. The Bertz CT molecular complexity index is 649. The van der Waals surface area contributed by atoms with E-state index in [0.29, 0.717) is 11.7 Å². The monoisotopic (exact) mass is 288 g/mol. The number of aliphatic carboxylic acids is 1. The molecule has 1 aromatic heterocycles. The quantitative estimate of drug-likeness (QED) is 0.911. The van der Waals surface area contributed by atoms with Crippen LogP contribution in [0.5, 0.6) is 0 Å². The van der Waals surface area contributed by atoms with Crippen molar-refractivity contribution in [3.63, 3.8) is 0 Å². The van der Waals surface area contributed by atoms with E-state index in [-0.39, 0.29) is 24.6 Å². The first-order valence-corrected chi connectivity index (χ1v) is 6.49. The van der Waals surface area contributed by atoms with Gasteiger partial charge in [0.05, 0.1) is 6.42 Å². The fourth-order valence-corrected chi connectivity index (χ4v) is 1.84. The van der Waals surface area contributed by atoms with E-state index in [4.69, 9.17) is 9.52 Å². The van der Waals surface area contributed by atoms with E-state index in [2.05, 4.69) is 4.98 Å². The van der Waals surface area contributed by atoms with Crippen LogP contribution in [-0.2, 0) is 4.79 Å². The van der Waals surface area contributed by atoms with Crippen LogP contribution in [-0.4, -0.2) is 40.5 Å². The zero-order valence-corrected chi connectivity index (χ0v) is 11.9. The van der Waals surface area contributed by atoms with Gasteiger partial charge in [-0.25, -0.2) is 4.98 Å². The number of aryl methyl sites for hydroxylation is 1. The van der Waals surface area contributed by atoms with Crippen LogP contribution in [0.15, 0.2) is 34.7 Å². The Morgan fingerprint density at radius 1 is 1.29 bits per heavy atom. The van der Waals surface area contributed by atoms with E-state index in [1.54, 1.807) is 14.0 Å². The van der Waals surface area contributed by atoms with Gasteiger partial charge in [0.25, 0.3) is 5.91 Å². The number of aromatic nitrogens is 1. The zero-order valence-electron chi connectivity index (χ0n) is 11.9. The van der Waals surface area contributed by atoms with Crippen LogP contribution < -0.4 is 0 Å². The van der Waals surface area contributed by atoms with Crippen LogP contribution in [0.25, 0.3) is 11.5 Å². The second-order valence-corrected chi connectivity index (χ2v) is 4.66. The maximum Gasteiger partial charge on any atom is 0.305 e. The number of hydrogen-bond acceptors (Lipinski definition) is 4. The second-order valence-electron chi connectivity index (χ2n) is 4.66. The molecule has 0 bridgehead atoms. The third-order valence-corrected chi connectivity index (χ3v) is 3.03. The molecule has 0 aliphatic rings. The Labute approximate surface area is 122 Å². The Morgan fingerprint density at radius 3 is 2.57 bits per heavy atom. The Kier molecular flexibility index (Phi) is 4.37. The number of carbonyl (C=O) groups excluding carboxylic acids is 1. The number of hydrogen-bond donors (Lipinski definition) is 1. The van der Waals surface area contributed by atoms with Gasteiger partial charge in [-0.2, -0.15) is 0 Å². The molecule has 0 spiro atoms. The number of oxazole rings is 1. The molecule has 0 aliphatic carbocycles. The average Bonchev–Trinajstić information content (AvgIpc) is 2.86. The first-order chi connectivity index (χ1) is 9.99. The van der Waals surface area contributed by atoms with E-state index in [0.717, 1.165) is 5.56 Å². The van der Waals surface area contributed by atoms with Crippen molar-refractivity contribution < 1.29 is 19.1 Å². The highest BCUT2D eigenvalue weighted by molar-refractivity contribution is 5.93. The molecule has 1 aromatic carbocycles. The average molecular weight is 288 g/mol. The molecule has 0 atom stereocenters. The third-order valence-electron chi connectivity index (χ3n) is 3.03. The van der Waals surface area contributed by atoms with Crippen LogP contribution in [0.4, 0.5) is 0 Å². The van der Waals surface area contributed by atoms with E-state index >= 15 is 0 Å². The number of carbonyl (C=O) groups is 2. The lowest BCUT2D eigenvalue weighted by Gasteiger charge is -2.14. The molecule has 2 aromatic rings. The molecule has 1 amide bonds. The van der Waals surface area contributed by atoms with Crippen LogP contribution in [0.2, 0.25) is 0 Å². The summed E-state index contributed by atoms with van der Waals surface area (Å²) in [6, 6.07) is 9.27. The van der Waals surface area contributed by atoms with E-state index in [9.17, 15) is 9.59 Å². The van der Waals surface area contributed by atoms with Crippen molar-refractivity contribution in [3.05, 3.63) is 41.8 Å². The first kappa shape index (κ1) is 14.8. The van der Waals surface area contributed by atoms with Gasteiger partial charge >= 0.3 is 5.97 Å². The topological polar surface area (TPSA) is 83.6 Å². The fourth-order valence-electron chi connectivity index (χ4n) is 1.84. The van der Waals surface area contributed by atoms with E-state index < -0.39 is 5.97 Å². The number of carboxylic acid groups (broad SMARTS) is 1. The predicted molar refractivity (Wildman–Crippen MR) is 75.9 cm³/mol. The Morgan fingerprint density at radius 2 is 1.95 bits per heavy atom. The summed E-state index contributed by atoms with van der Waals surface area (Å²) in [5, 5.41) is 8.65. The summed E-state index contributed by atoms with van der Waals surface area (Å²) in [6.45, 7) is 1.79. The third kappa shape index (κ3) is 3.47. The number of amides is 1. The molecule has 0 saturated heterocycles. The highest BCUT2D eigenvalue weighted by Crippen LogP contribution is 2.22. The van der Waals surface area contributed by atoms with Gasteiger partial charge in [-0.05, 0) is 19.1 Å². The normalized spacial score (nSPS) is 10.4. The molecule has 0 unspecified atom stereocenters. The SMILES string of the molecule is Cc1oc(-c2ccccc2)nc1C(=O)N(C)CCC(=O)O. The number of benzene rings is 1. The minimum absolute atomic E-state index is 0.106. The highest BCUT2D eigenvalue weighted by Gasteiger charge is 2.21. The van der Waals surface area contributed by atoms with Crippen molar-refractivity contribution in [1.29, 1.82) is 0 Å². The molecule has 0 saturated carbocycles. The number of rotatable bonds is 5. The smallest absolute Gasteiger partial charge is 0.305 e. The Hall–Kier alpha value is -2.63. The molecule has 1 heterocycles. The van der Waals surface area contributed by atoms with E-state index in [1.807, 2.05) is 30.3 Å². The fraction of sp³-hybridized carbons (Fsp3) is 0.267. The maximum absolute atomic E-state index is 12.2. The van der Waals surface area contributed by atoms with Gasteiger partial charge in [-0.3, -0.25) is 9.59 Å². The minimum atomic E-state index is -0.948. The molecule has 110 valence electrons. The summed E-state index contributed by atoms with van der Waals surface area (Å²) in [5.41, 5.74) is 0.995. The first-order valence-electron chi connectivity index (χ1n) is 6.49. The molecule has 0 fully saturated rings. The lowest BCUT2D eigenvalue weighted by atomic mass is 10.2. The molecular formula is C15H16N2O4. The summed E-state index contributed by atoms with van der Waals surface area (Å²) < 4.78 is 5.52. The van der Waals surface area contributed by atoms with Gasteiger partial charge in [0.15, 0.2) is 5.69 Å². The highest BCUT2D eigenvalue weighted by atomic mass is 16.4. The second kappa shape index (κ2) is 6.21. The van der Waals surface area contributed by atoms with Crippen molar-refractivity contribution >= 4 is 11.9 Å². The standard InChI is InChI=1S/C15H16N2O4/c1-10-13(15(20)17(2)9-8-12(18)19)16-14(21-10)11-6-4-3-5-7-11/h3-7H,8-9H2,1-2H3,(H,18,19). The molecule has 0 radical (unpaired) electrons. The summed E-state index contributed by atoms with van der Waals surface area (Å²) in [5.74, 6) is -0.500. The van der Waals surface area contributed by atoms with Gasteiger partial charge in [0.2, 0.25) is 5.89 Å². The molecule has 1 N–H and O–H groups in total. The summed E-state index contributed by atoms with van der Waals surface area (Å²) in [7, 11) is 1.54. The van der Waals surface area contributed by atoms with Gasteiger partial charge in [-0.15, -0.1) is 0 Å². The van der Waals surface area contributed by atoms with Crippen molar-refractivity contribution in [1.82, 2.24) is 9.88 Å². The molecule has 6 nitrogen and oxygen atoms in total. The van der Waals surface area contributed by atoms with Crippen LogP contribution in [0, 0.1) is 6.92 Å². The predicted octanol–water partition coefficient (Wildman–Crippen LogP) is 2.20. The van der Waals surface area contributed by atoms with Gasteiger partial charge in [-0.1, -0.05) is 18.2 Å². The van der Waals surface area contributed by atoms with Crippen molar-refractivity contribution in [3.8, 4) is 11.5 Å². The Balaban J connectivity index is 2.19. The van der Waals surface area contributed by atoms with Crippen molar-refractivity contribution in [2.45, 2.75) is 13.3 Å². The molecular weight excluding hydrogens is 272 g/mol. The zero-order chi connectivity index (χ0) is 15.4. The lowest BCUT2D eigenvalue weighted by molar-refractivity contribution is -0.137. The summed E-state index contributed by atoms with van der Waals surface area (Å²) in [6.07, 6.45) is -0.106. The molecule has 21 heavy (non-hydrogen) atoms. The summed E-state index contributed by atoms with van der Waals surface area (Å²) in [4.78, 5) is 28.3. The van der Waals surface area contributed by atoms with Crippen LogP contribution in [0.1, 0.15) is 22.7 Å². The minimum Gasteiger partial charge on any atom is -0.481 e. The van der Waals surface area contributed by atoms with Gasteiger partial charge < -0.3 is 14.4 Å². The van der Waals surface area contributed by atoms with Gasteiger partial charge in [0.1, 0.15) is 5.76 Å². The number of carboxylic acids is 1. The molecule has 2 rings (SSSR count). The van der Waals surface area contributed by atoms with E-state index in [1.165, 1.54) is 4.90 Å². The molecule has 6 heteroatoms. The van der Waals surface area contributed by atoms with Crippen molar-refractivity contribution in [2.75, 3.05) is 13.6 Å². The van der Waals surface area contributed by atoms with Gasteiger partial charge in [0, 0.05) is 19.2 Å². The largest absolute Gasteiger partial charge is 0.481 e. The van der Waals surface area contributed by atoms with Crippen molar-refractivity contribution in [2.24, 2.45) is 0 Å². The van der Waals surface area contributed by atoms with Crippen LogP contribution in [0.3, 0.4) is 0 Å². The lowest BCUT2D eigenvalue weighted by Crippen LogP contribution is -2.29.